The molecule has 0 bridgehead atoms. The van der Waals surface area contributed by atoms with E-state index in [1.807, 2.05) is 0 Å². The molecule has 0 aliphatic heterocycles. The summed E-state index contributed by atoms with van der Waals surface area (Å²) in [5.41, 5.74) is 6.52. The Morgan fingerprint density at radius 2 is 1.75 bits per heavy atom. The Hall–Kier alpha value is -0.0800. The Balaban J connectivity index is 3.83. The number of rotatable bonds is 7. The lowest BCUT2D eigenvalue weighted by atomic mass is 9.87. The minimum absolute atomic E-state index is 0.348. The van der Waals surface area contributed by atoms with Crippen molar-refractivity contribution in [3.05, 3.63) is 0 Å². The van der Waals surface area contributed by atoms with Gasteiger partial charge in [-0.1, -0.05) is 41.5 Å². The highest BCUT2D eigenvalue weighted by Crippen LogP contribution is 2.21. The van der Waals surface area contributed by atoms with Crippen molar-refractivity contribution < 1.29 is 0 Å². The molecule has 0 rings (SSSR count). The van der Waals surface area contributed by atoms with Crippen LogP contribution in [0.15, 0.2) is 0 Å². The van der Waals surface area contributed by atoms with E-state index in [0.29, 0.717) is 11.5 Å². The van der Waals surface area contributed by atoms with Crippen LogP contribution in [0.25, 0.3) is 0 Å². The van der Waals surface area contributed by atoms with Crippen LogP contribution in [-0.2, 0) is 0 Å². The molecule has 0 aromatic carbocycles. The lowest BCUT2D eigenvalue weighted by Crippen LogP contribution is -2.34. The van der Waals surface area contributed by atoms with E-state index < -0.39 is 0 Å². The lowest BCUT2D eigenvalue weighted by Gasteiger charge is -2.27. The average molecular weight is 228 g/mol. The molecular weight excluding hydrogens is 196 g/mol. The van der Waals surface area contributed by atoms with Gasteiger partial charge in [0.2, 0.25) is 0 Å². The van der Waals surface area contributed by atoms with Crippen molar-refractivity contribution >= 4 is 0 Å². The van der Waals surface area contributed by atoms with Gasteiger partial charge >= 0.3 is 0 Å². The SMILES string of the molecule is CCN(CCC(N)CC(C)(C)C)CC(C)C. The molecular formula is C14H32N2. The van der Waals surface area contributed by atoms with Crippen molar-refractivity contribution in [3.8, 4) is 0 Å². The zero-order chi connectivity index (χ0) is 12.8. The van der Waals surface area contributed by atoms with Crippen molar-refractivity contribution in [2.75, 3.05) is 19.6 Å². The van der Waals surface area contributed by atoms with E-state index in [0.717, 1.165) is 31.8 Å². The second kappa shape index (κ2) is 7.29. The van der Waals surface area contributed by atoms with Crippen molar-refractivity contribution in [2.24, 2.45) is 17.1 Å². The first-order valence-electron chi connectivity index (χ1n) is 6.72. The normalized spacial score (nSPS) is 14.8. The first-order valence-corrected chi connectivity index (χ1v) is 6.72. The summed E-state index contributed by atoms with van der Waals surface area (Å²) in [5.74, 6) is 0.749. The largest absolute Gasteiger partial charge is 0.328 e. The van der Waals surface area contributed by atoms with E-state index in [1.54, 1.807) is 0 Å². The van der Waals surface area contributed by atoms with E-state index in [9.17, 15) is 0 Å². The van der Waals surface area contributed by atoms with Gasteiger partial charge in [0, 0.05) is 12.6 Å². The van der Waals surface area contributed by atoms with Crippen molar-refractivity contribution in [1.82, 2.24) is 4.90 Å². The van der Waals surface area contributed by atoms with Crippen LogP contribution in [0.1, 0.15) is 54.4 Å². The van der Waals surface area contributed by atoms with Gasteiger partial charge in [-0.3, -0.25) is 0 Å². The van der Waals surface area contributed by atoms with Gasteiger partial charge in [-0.25, -0.2) is 0 Å². The maximum Gasteiger partial charge on any atom is 0.00559 e. The first-order chi connectivity index (χ1) is 7.24. The van der Waals surface area contributed by atoms with Crippen LogP contribution < -0.4 is 5.73 Å². The molecule has 0 saturated carbocycles. The molecule has 1 atom stereocenters. The van der Waals surface area contributed by atoms with Crippen molar-refractivity contribution in [3.63, 3.8) is 0 Å². The fourth-order valence-electron chi connectivity index (χ4n) is 2.13. The predicted molar refractivity (Wildman–Crippen MR) is 73.6 cm³/mol. The molecule has 0 aliphatic rings. The molecule has 16 heavy (non-hydrogen) atoms. The third-order valence-electron chi connectivity index (χ3n) is 2.76. The fraction of sp³-hybridized carbons (Fsp3) is 1.00. The van der Waals surface area contributed by atoms with E-state index in [1.165, 1.54) is 6.54 Å². The molecule has 0 heterocycles. The van der Waals surface area contributed by atoms with Gasteiger partial charge in [-0.2, -0.15) is 0 Å². The molecule has 2 heteroatoms. The third kappa shape index (κ3) is 9.17. The summed E-state index contributed by atoms with van der Waals surface area (Å²) in [4.78, 5) is 2.51. The third-order valence-corrected chi connectivity index (χ3v) is 2.76. The highest BCUT2D eigenvalue weighted by atomic mass is 15.1. The first kappa shape index (κ1) is 15.9. The van der Waals surface area contributed by atoms with E-state index in [-0.39, 0.29) is 0 Å². The van der Waals surface area contributed by atoms with Crippen molar-refractivity contribution in [2.45, 2.75) is 60.4 Å². The van der Waals surface area contributed by atoms with E-state index in [4.69, 9.17) is 5.73 Å². The molecule has 0 radical (unpaired) electrons. The quantitative estimate of drug-likeness (QED) is 0.725. The van der Waals surface area contributed by atoms with Gasteiger partial charge in [0.15, 0.2) is 0 Å². The van der Waals surface area contributed by atoms with Crippen LogP contribution in [0.4, 0.5) is 0 Å². The van der Waals surface area contributed by atoms with Gasteiger partial charge in [-0.05, 0) is 37.3 Å². The van der Waals surface area contributed by atoms with E-state index >= 15 is 0 Å². The average Bonchev–Trinajstić information content (AvgIpc) is 2.08. The Kier molecular flexibility index (Phi) is 7.25. The summed E-state index contributed by atoms with van der Waals surface area (Å²) in [5, 5.41) is 0. The molecule has 98 valence electrons. The van der Waals surface area contributed by atoms with Crippen LogP contribution in [0.3, 0.4) is 0 Å². The number of hydrogen-bond donors (Lipinski definition) is 1. The zero-order valence-electron chi connectivity index (χ0n) is 12.2. The Bertz CT molecular complexity index is 170. The maximum absolute atomic E-state index is 6.17. The maximum atomic E-state index is 6.17. The molecule has 1 unspecified atom stereocenters. The molecule has 0 aromatic rings. The molecule has 2 nitrogen and oxygen atoms in total. The Morgan fingerprint density at radius 1 is 1.19 bits per heavy atom. The van der Waals surface area contributed by atoms with Crippen LogP contribution in [0.5, 0.6) is 0 Å². The second-order valence-electron chi connectivity index (χ2n) is 6.60. The highest BCUT2D eigenvalue weighted by molar-refractivity contribution is 4.73. The predicted octanol–water partition coefficient (Wildman–Crippen LogP) is 3.12. The van der Waals surface area contributed by atoms with Crippen LogP contribution in [-0.4, -0.2) is 30.6 Å². The summed E-state index contributed by atoms with van der Waals surface area (Å²) < 4.78 is 0. The van der Waals surface area contributed by atoms with Gasteiger partial charge < -0.3 is 10.6 Å². The molecule has 0 spiro atoms. The lowest BCUT2D eigenvalue weighted by molar-refractivity contribution is 0.234. The summed E-state index contributed by atoms with van der Waals surface area (Å²) in [7, 11) is 0. The van der Waals surface area contributed by atoms with Crippen molar-refractivity contribution in [1.29, 1.82) is 0 Å². The van der Waals surface area contributed by atoms with Crippen LogP contribution in [0.2, 0.25) is 0 Å². The summed E-state index contributed by atoms with van der Waals surface area (Å²) >= 11 is 0. The van der Waals surface area contributed by atoms with Gasteiger partial charge in [-0.15, -0.1) is 0 Å². The summed E-state index contributed by atoms with van der Waals surface area (Å²) in [6.07, 6.45) is 2.24. The van der Waals surface area contributed by atoms with Gasteiger partial charge in [0.25, 0.3) is 0 Å². The molecule has 0 amide bonds. The smallest absolute Gasteiger partial charge is 0.00559 e. The minimum atomic E-state index is 0.348. The fourth-order valence-corrected chi connectivity index (χ4v) is 2.13. The topological polar surface area (TPSA) is 29.3 Å². The molecule has 0 aromatic heterocycles. The van der Waals surface area contributed by atoms with E-state index in [2.05, 4.69) is 46.4 Å². The van der Waals surface area contributed by atoms with Crippen LogP contribution in [0, 0.1) is 11.3 Å². The van der Waals surface area contributed by atoms with Gasteiger partial charge in [0.05, 0.1) is 0 Å². The zero-order valence-corrected chi connectivity index (χ0v) is 12.2. The molecule has 0 fully saturated rings. The second-order valence-corrected chi connectivity index (χ2v) is 6.60. The number of hydrogen-bond acceptors (Lipinski definition) is 2. The monoisotopic (exact) mass is 228 g/mol. The molecule has 0 aliphatic carbocycles. The number of nitrogens with two attached hydrogens (primary N) is 1. The van der Waals surface area contributed by atoms with Crippen LogP contribution >= 0.6 is 0 Å². The summed E-state index contributed by atoms with van der Waals surface area (Å²) in [6.45, 7) is 17.0. The molecule has 2 N–H and O–H groups in total. The number of nitrogens with zero attached hydrogens (tertiary/aromatic N) is 1. The Labute approximate surface area is 103 Å². The standard InChI is InChI=1S/C14H32N2/c1-7-16(11-12(2)3)9-8-13(15)10-14(4,5)6/h12-13H,7-11,15H2,1-6H3. The minimum Gasteiger partial charge on any atom is -0.328 e. The Morgan fingerprint density at radius 3 is 2.12 bits per heavy atom. The van der Waals surface area contributed by atoms with Gasteiger partial charge in [0.1, 0.15) is 0 Å². The highest BCUT2D eigenvalue weighted by Gasteiger charge is 2.16. The summed E-state index contributed by atoms with van der Waals surface area (Å²) in [6, 6.07) is 0.348. The molecule has 0 saturated heterocycles.